The largest absolute Gasteiger partial charge is 0.469 e. The number of methoxy groups -OCH3 is 1. The van der Waals surface area contributed by atoms with Crippen molar-refractivity contribution in [1.82, 2.24) is 10.2 Å². The number of aliphatic hydroxyl groups excluding tert-OH is 1. The van der Waals surface area contributed by atoms with Crippen LogP contribution in [-0.4, -0.2) is 106 Å². The van der Waals surface area contributed by atoms with E-state index in [1.807, 2.05) is 4.90 Å². The third kappa shape index (κ3) is 24.4. The van der Waals surface area contributed by atoms with Gasteiger partial charge in [-0.1, -0.05) is 21.6 Å². The monoisotopic (exact) mass is 539 g/mol. The number of aliphatic hydroxyl groups is 1. The highest BCUT2D eigenvalue weighted by Crippen LogP contribution is 2.18. The van der Waals surface area contributed by atoms with Gasteiger partial charge < -0.3 is 35.3 Å². The third-order valence-electron chi connectivity index (χ3n) is 4.84. The first kappa shape index (κ1) is 34.0. The molecule has 0 unspecified atom stereocenters. The van der Waals surface area contributed by atoms with E-state index in [4.69, 9.17) is 20.3 Å². The van der Waals surface area contributed by atoms with Gasteiger partial charge in [-0.3, -0.25) is 14.4 Å². The second-order valence-electron chi connectivity index (χ2n) is 7.78. The molecule has 0 aromatic heterocycles. The molecule has 0 aromatic rings. The summed E-state index contributed by atoms with van der Waals surface area (Å²) < 4.78 is 15.2. The van der Waals surface area contributed by atoms with Crippen molar-refractivity contribution >= 4 is 39.5 Å². The normalized spacial score (nSPS) is 11.0. The number of hydrogen-bond acceptors (Lipinski definition) is 12. The van der Waals surface area contributed by atoms with Crippen LogP contribution in [0.2, 0.25) is 0 Å². The molecule has 0 fully saturated rings. The van der Waals surface area contributed by atoms with Crippen molar-refractivity contribution in [2.45, 2.75) is 51.4 Å². The number of ether oxygens (including phenoxy) is 3. The van der Waals surface area contributed by atoms with Crippen molar-refractivity contribution in [2.75, 3.05) is 77.7 Å². The highest BCUT2D eigenvalue weighted by molar-refractivity contribution is 8.76. The van der Waals surface area contributed by atoms with Gasteiger partial charge in [-0.05, 0) is 38.6 Å². The van der Waals surface area contributed by atoms with Crippen LogP contribution in [0.3, 0.4) is 0 Å². The van der Waals surface area contributed by atoms with Gasteiger partial charge in [-0.2, -0.15) is 0 Å². The molecule has 0 saturated heterocycles. The van der Waals surface area contributed by atoms with Crippen LogP contribution in [-0.2, 0) is 28.6 Å². The molecule has 0 atom stereocenters. The molecule has 0 aliphatic heterocycles. The van der Waals surface area contributed by atoms with Crippen molar-refractivity contribution in [3.05, 3.63) is 0 Å². The zero-order valence-electron chi connectivity index (χ0n) is 21.2. The van der Waals surface area contributed by atoms with Gasteiger partial charge >= 0.3 is 17.9 Å². The third-order valence-corrected chi connectivity index (χ3v) is 7.28. The number of hydrogen-bond donors (Lipinski definition) is 3. The lowest BCUT2D eigenvalue weighted by Crippen LogP contribution is -2.30. The molecule has 10 nitrogen and oxygen atoms in total. The quantitative estimate of drug-likeness (QED) is 0.0671. The maximum Gasteiger partial charge on any atom is 0.307 e. The van der Waals surface area contributed by atoms with Gasteiger partial charge in [-0.25, -0.2) is 0 Å². The molecule has 4 N–H and O–H groups in total. The molecular weight excluding hydrogens is 494 g/mol. The fraction of sp³-hybridized carbons (Fsp3) is 0.870. The Morgan fingerprint density at radius 3 is 2.06 bits per heavy atom. The number of nitrogens with one attached hydrogen (secondary N) is 1. The van der Waals surface area contributed by atoms with Gasteiger partial charge in [0.25, 0.3) is 0 Å². The average molecular weight is 540 g/mol. The van der Waals surface area contributed by atoms with Crippen molar-refractivity contribution in [3.8, 4) is 0 Å². The van der Waals surface area contributed by atoms with E-state index in [2.05, 4.69) is 10.1 Å². The van der Waals surface area contributed by atoms with E-state index in [1.54, 1.807) is 21.6 Å². The Morgan fingerprint density at radius 2 is 1.43 bits per heavy atom. The first-order valence-electron chi connectivity index (χ1n) is 12.4. The topological polar surface area (TPSA) is 140 Å². The molecule has 0 saturated carbocycles. The summed E-state index contributed by atoms with van der Waals surface area (Å²) in [5.74, 6) is 1.16. The molecule has 0 rings (SSSR count). The molecule has 0 amide bonds. The van der Waals surface area contributed by atoms with Gasteiger partial charge in [-0.15, -0.1) is 0 Å². The van der Waals surface area contributed by atoms with E-state index in [9.17, 15) is 14.4 Å². The zero-order valence-corrected chi connectivity index (χ0v) is 22.8. The Hall–Kier alpha value is -1.05. The molecule has 0 aromatic carbocycles. The zero-order chi connectivity index (χ0) is 26.0. The summed E-state index contributed by atoms with van der Waals surface area (Å²) in [6.45, 7) is 4.69. The van der Waals surface area contributed by atoms with E-state index in [-0.39, 0.29) is 37.4 Å². The van der Waals surface area contributed by atoms with E-state index in [0.29, 0.717) is 65.2 Å². The molecule has 0 aliphatic rings. The Labute approximate surface area is 218 Å². The molecular formula is C23H45N3O7S2. The molecule has 0 aliphatic carbocycles. The maximum absolute atomic E-state index is 12.0. The van der Waals surface area contributed by atoms with Crippen LogP contribution in [0.1, 0.15) is 51.4 Å². The number of carbonyl (C=O) groups excluding carboxylic acids is 3. The minimum atomic E-state index is -0.287. The number of carbonyl (C=O) groups is 3. The fourth-order valence-electron chi connectivity index (χ4n) is 2.88. The van der Waals surface area contributed by atoms with Crippen LogP contribution < -0.4 is 11.1 Å². The standard InChI is InChI=1S/C23H45N3O7S2/c1-31-21(28)8-14-26(13-3-4-16-27)15-9-23(30)33-18-6-2-5-17-32-22(29)7-11-25-12-20-35-34-19-10-24/h25,27H,2-20,24H2,1H3. The number of unbranched alkanes of at least 4 members (excludes halogenated alkanes) is 3. The molecule has 0 radical (unpaired) electrons. The van der Waals surface area contributed by atoms with Crippen molar-refractivity contribution in [3.63, 3.8) is 0 Å². The number of rotatable bonds is 25. The van der Waals surface area contributed by atoms with Gasteiger partial charge in [0.05, 0.1) is 39.6 Å². The minimum absolute atomic E-state index is 0.123. The highest BCUT2D eigenvalue weighted by Gasteiger charge is 2.11. The summed E-state index contributed by atoms with van der Waals surface area (Å²) in [4.78, 5) is 37.1. The predicted molar refractivity (Wildman–Crippen MR) is 141 cm³/mol. The number of esters is 3. The smallest absolute Gasteiger partial charge is 0.307 e. The summed E-state index contributed by atoms with van der Waals surface area (Å²) in [5.41, 5.74) is 5.43. The van der Waals surface area contributed by atoms with Crippen LogP contribution in [0.4, 0.5) is 0 Å². The van der Waals surface area contributed by atoms with Gasteiger partial charge in [0.15, 0.2) is 0 Å². The summed E-state index contributed by atoms with van der Waals surface area (Å²) >= 11 is 0. The molecule has 0 bridgehead atoms. The number of nitrogens with two attached hydrogens (primary N) is 1. The molecule has 0 heterocycles. The summed E-state index contributed by atoms with van der Waals surface area (Å²) in [6.07, 6.45) is 4.60. The van der Waals surface area contributed by atoms with E-state index in [1.165, 1.54) is 7.11 Å². The fourth-order valence-corrected chi connectivity index (χ4v) is 4.68. The molecule has 0 spiro atoms. The molecule has 206 valence electrons. The highest BCUT2D eigenvalue weighted by atomic mass is 33.1. The summed E-state index contributed by atoms with van der Waals surface area (Å²) in [5, 5.41) is 12.2. The van der Waals surface area contributed by atoms with E-state index < -0.39 is 0 Å². The molecule has 12 heteroatoms. The van der Waals surface area contributed by atoms with Crippen LogP contribution in [0.25, 0.3) is 0 Å². The lowest BCUT2D eigenvalue weighted by atomic mass is 10.2. The van der Waals surface area contributed by atoms with Crippen LogP contribution in [0, 0.1) is 0 Å². The Balaban J connectivity index is 3.68. The van der Waals surface area contributed by atoms with Crippen molar-refractivity contribution in [1.29, 1.82) is 0 Å². The van der Waals surface area contributed by atoms with Gasteiger partial charge in [0.2, 0.25) is 0 Å². The van der Waals surface area contributed by atoms with E-state index >= 15 is 0 Å². The SMILES string of the molecule is COC(=O)CCN(CCCCO)CCC(=O)OCCCCCOC(=O)CCNCCSSCCN. The first-order valence-corrected chi connectivity index (χ1v) is 14.9. The first-order chi connectivity index (χ1) is 17.0. The Kier molecular flexibility index (Phi) is 25.2. The Morgan fingerprint density at radius 1 is 0.800 bits per heavy atom. The van der Waals surface area contributed by atoms with Gasteiger partial charge in [0, 0.05) is 50.8 Å². The summed E-state index contributed by atoms with van der Waals surface area (Å²) in [6, 6.07) is 0. The summed E-state index contributed by atoms with van der Waals surface area (Å²) in [7, 11) is 4.88. The lowest BCUT2D eigenvalue weighted by Gasteiger charge is -2.21. The van der Waals surface area contributed by atoms with E-state index in [0.717, 1.165) is 37.3 Å². The average Bonchev–Trinajstić information content (AvgIpc) is 2.86. The van der Waals surface area contributed by atoms with Crippen molar-refractivity contribution in [2.24, 2.45) is 5.73 Å². The second kappa shape index (κ2) is 26.0. The second-order valence-corrected chi connectivity index (χ2v) is 10.5. The number of nitrogens with zero attached hydrogens (tertiary/aromatic N) is 1. The van der Waals surface area contributed by atoms with Crippen LogP contribution in [0.5, 0.6) is 0 Å². The maximum atomic E-state index is 12.0. The predicted octanol–water partition coefficient (Wildman–Crippen LogP) is 1.59. The lowest BCUT2D eigenvalue weighted by molar-refractivity contribution is -0.144. The molecule has 35 heavy (non-hydrogen) atoms. The van der Waals surface area contributed by atoms with Crippen molar-refractivity contribution < 1.29 is 33.7 Å². The minimum Gasteiger partial charge on any atom is -0.469 e. The van der Waals surface area contributed by atoms with Crippen LogP contribution in [0.15, 0.2) is 0 Å². The van der Waals surface area contributed by atoms with Crippen LogP contribution >= 0.6 is 21.6 Å². The Bertz CT molecular complexity index is 545. The van der Waals surface area contributed by atoms with Gasteiger partial charge in [0.1, 0.15) is 0 Å².